The summed E-state index contributed by atoms with van der Waals surface area (Å²) in [5.41, 5.74) is 1.44. The van der Waals surface area contributed by atoms with Crippen LogP contribution >= 0.6 is 0 Å². The van der Waals surface area contributed by atoms with E-state index in [-0.39, 0.29) is 24.5 Å². The van der Waals surface area contributed by atoms with Crippen LogP contribution in [0.1, 0.15) is 71.1 Å². The molecule has 0 aromatic carbocycles. The molecule has 2 aliphatic rings. The number of allylic oxidation sites excluding steroid dienone is 1. The number of carbonyl (C=O) groups is 1. The zero-order valence-electron chi connectivity index (χ0n) is 12.6. The number of hydrogen-bond donors (Lipinski definition) is 1. The van der Waals surface area contributed by atoms with Crippen molar-refractivity contribution >= 4 is 5.97 Å². The van der Waals surface area contributed by atoms with Crippen molar-refractivity contribution in [3.05, 3.63) is 11.6 Å². The van der Waals surface area contributed by atoms with Crippen LogP contribution in [0.25, 0.3) is 0 Å². The lowest BCUT2D eigenvalue weighted by Crippen LogP contribution is -2.21. The molecule has 0 radical (unpaired) electrons. The highest BCUT2D eigenvalue weighted by Gasteiger charge is 2.50. The number of carboxylic acid groups (broad SMARTS) is 1. The lowest BCUT2D eigenvalue weighted by atomic mass is 9.83. The Bertz CT molecular complexity index is 348. The van der Waals surface area contributed by atoms with E-state index in [2.05, 4.69) is 13.0 Å². The maximum absolute atomic E-state index is 10.8. The second-order valence-corrected chi connectivity index (χ2v) is 6.25. The number of fused-ring (bicyclic) bond motifs is 1. The fourth-order valence-electron chi connectivity index (χ4n) is 3.31. The molecule has 0 aromatic heterocycles. The molecule has 1 saturated carbocycles. The van der Waals surface area contributed by atoms with Crippen molar-refractivity contribution in [2.75, 3.05) is 0 Å². The molecule has 1 N–H and O–H groups in total. The fourth-order valence-corrected chi connectivity index (χ4v) is 3.31. The van der Waals surface area contributed by atoms with E-state index in [0.29, 0.717) is 0 Å². The molecule has 2 rings (SSSR count). The molecule has 1 aliphatic carbocycles. The van der Waals surface area contributed by atoms with E-state index in [1.54, 1.807) is 0 Å². The topological polar surface area (TPSA) is 49.8 Å². The van der Waals surface area contributed by atoms with Crippen molar-refractivity contribution in [1.29, 1.82) is 0 Å². The summed E-state index contributed by atoms with van der Waals surface area (Å²) in [6, 6.07) is 0. The standard InChI is InChI=1S/C17H28O3/c1-2-3-4-5-6-7-8-9-13-10-11-14(12-15(18)19)17-16(13)20-17/h9,14,16-17H,2-8,10-12H2,1H3,(H,18,19)/b13-9+/t14-,16+,17-/m1/s1. The average molecular weight is 280 g/mol. The van der Waals surface area contributed by atoms with Gasteiger partial charge in [-0.05, 0) is 37.2 Å². The molecule has 0 aromatic rings. The number of epoxide rings is 1. The van der Waals surface area contributed by atoms with Crippen molar-refractivity contribution in [3.63, 3.8) is 0 Å². The molecule has 2 fully saturated rings. The number of aliphatic carboxylic acids is 1. The Kier molecular flexibility index (Phi) is 6.08. The maximum Gasteiger partial charge on any atom is 0.303 e. The highest BCUT2D eigenvalue weighted by atomic mass is 16.6. The molecule has 3 heteroatoms. The van der Waals surface area contributed by atoms with Gasteiger partial charge in [0.1, 0.15) is 6.10 Å². The second-order valence-electron chi connectivity index (χ2n) is 6.25. The van der Waals surface area contributed by atoms with Gasteiger partial charge in [0.15, 0.2) is 0 Å². The summed E-state index contributed by atoms with van der Waals surface area (Å²) in [6.07, 6.45) is 14.3. The van der Waals surface area contributed by atoms with Crippen LogP contribution < -0.4 is 0 Å². The lowest BCUT2D eigenvalue weighted by Gasteiger charge is -2.18. The molecule has 1 heterocycles. The van der Waals surface area contributed by atoms with Crippen LogP contribution in [0.4, 0.5) is 0 Å². The molecule has 3 atom stereocenters. The van der Waals surface area contributed by atoms with E-state index >= 15 is 0 Å². The van der Waals surface area contributed by atoms with E-state index in [1.807, 2.05) is 0 Å². The normalized spacial score (nSPS) is 30.2. The number of rotatable bonds is 9. The van der Waals surface area contributed by atoms with E-state index in [0.717, 1.165) is 19.3 Å². The predicted molar refractivity (Wildman–Crippen MR) is 79.7 cm³/mol. The van der Waals surface area contributed by atoms with Crippen molar-refractivity contribution in [2.24, 2.45) is 5.92 Å². The fraction of sp³-hybridized carbons (Fsp3) is 0.824. The van der Waals surface area contributed by atoms with Gasteiger partial charge >= 0.3 is 5.97 Å². The summed E-state index contributed by atoms with van der Waals surface area (Å²) in [7, 11) is 0. The molecule has 1 saturated heterocycles. The van der Waals surface area contributed by atoms with E-state index in [9.17, 15) is 4.79 Å². The SMILES string of the molecule is CCCCCCCC/C=C1\CC[C@H](CC(=O)O)[C@H]2O[C@@H]12. The van der Waals surface area contributed by atoms with E-state index in [1.165, 1.54) is 44.1 Å². The molecule has 0 amide bonds. The van der Waals surface area contributed by atoms with Crippen LogP contribution in [0.15, 0.2) is 11.6 Å². The van der Waals surface area contributed by atoms with Gasteiger partial charge in [-0.2, -0.15) is 0 Å². The average Bonchev–Trinajstić information content (AvgIpc) is 3.20. The van der Waals surface area contributed by atoms with Crippen LogP contribution in [-0.2, 0) is 9.53 Å². The van der Waals surface area contributed by atoms with Crippen LogP contribution in [0.5, 0.6) is 0 Å². The molecule has 0 unspecified atom stereocenters. The summed E-state index contributed by atoms with van der Waals surface area (Å²) in [5, 5.41) is 8.86. The Hall–Kier alpha value is -0.830. The lowest BCUT2D eigenvalue weighted by molar-refractivity contribution is -0.138. The van der Waals surface area contributed by atoms with E-state index in [4.69, 9.17) is 9.84 Å². The first-order valence-electron chi connectivity index (χ1n) is 8.28. The van der Waals surface area contributed by atoms with Crippen molar-refractivity contribution < 1.29 is 14.6 Å². The quantitative estimate of drug-likeness (QED) is 0.389. The predicted octanol–water partition coefficient (Wildman–Crippen LogP) is 4.32. The summed E-state index contributed by atoms with van der Waals surface area (Å²) < 4.78 is 5.68. The first kappa shape index (κ1) is 15.6. The first-order valence-corrected chi connectivity index (χ1v) is 8.28. The Morgan fingerprint density at radius 3 is 2.80 bits per heavy atom. The molecule has 114 valence electrons. The molecular formula is C17H28O3. The van der Waals surface area contributed by atoms with Gasteiger partial charge in [0.05, 0.1) is 12.5 Å². The Labute approximate surface area is 122 Å². The largest absolute Gasteiger partial charge is 0.481 e. The minimum atomic E-state index is -0.691. The highest BCUT2D eigenvalue weighted by molar-refractivity contribution is 5.67. The minimum Gasteiger partial charge on any atom is -0.481 e. The summed E-state index contributed by atoms with van der Waals surface area (Å²) in [5.74, 6) is -0.451. The van der Waals surface area contributed by atoms with E-state index < -0.39 is 5.97 Å². The Morgan fingerprint density at radius 2 is 2.05 bits per heavy atom. The monoisotopic (exact) mass is 280 g/mol. The van der Waals surface area contributed by atoms with Crippen LogP contribution in [0, 0.1) is 5.92 Å². The maximum atomic E-state index is 10.8. The first-order chi connectivity index (χ1) is 9.72. The van der Waals surface area contributed by atoms with Crippen LogP contribution in [0.2, 0.25) is 0 Å². The second kappa shape index (κ2) is 7.82. The van der Waals surface area contributed by atoms with Gasteiger partial charge in [0.25, 0.3) is 0 Å². The zero-order valence-corrected chi connectivity index (χ0v) is 12.6. The van der Waals surface area contributed by atoms with Gasteiger partial charge < -0.3 is 9.84 Å². The van der Waals surface area contributed by atoms with Gasteiger partial charge in [-0.3, -0.25) is 4.79 Å². The number of ether oxygens (including phenoxy) is 1. The van der Waals surface area contributed by atoms with Crippen LogP contribution in [-0.4, -0.2) is 23.3 Å². The van der Waals surface area contributed by atoms with Crippen molar-refractivity contribution in [2.45, 2.75) is 83.3 Å². The number of unbranched alkanes of at least 4 members (excludes halogenated alkanes) is 6. The van der Waals surface area contributed by atoms with Gasteiger partial charge in [-0.1, -0.05) is 45.1 Å². The van der Waals surface area contributed by atoms with Crippen molar-refractivity contribution in [3.8, 4) is 0 Å². The Balaban J connectivity index is 1.61. The number of carboxylic acids is 1. The van der Waals surface area contributed by atoms with Crippen LogP contribution in [0.3, 0.4) is 0 Å². The molecule has 20 heavy (non-hydrogen) atoms. The smallest absolute Gasteiger partial charge is 0.303 e. The van der Waals surface area contributed by atoms with Gasteiger partial charge in [-0.15, -0.1) is 0 Å². The third kappa shape index (κ3) is 4.62. The third-order valence-electron chi connectivity index (χ3n) is 4.56. The van der Waals surface area contributed by atoms with Crippen molar-refractivity contribution in [1.82, 2.24) is 0 Å². The summed E-state index contributed by atoms with van der Waals surface area (Å²) in [4.78, 5) is 10.8. The Morgan fingerprint density at radius 1 is 1.30 bits per heavy atom. The highest BCUT2D eigenvalue weighted by Crippen LogP contribution is 2.45. The number of hydrogen-bond acceptors (Lipinski definition) is 2. The third-order valence-corrected chi connectivity index (χ3v) is 4.56. The molecule has 0 spiro atoms. The zero-order chi connectivity index (χ0) is 14.4. The minimum absolute atomic E-state index is 0.204. The molecule has 3 nitrogen and oxygen atoms in total. The van der Waals surface area contributed by atoms with Gasteiger partial charge in [0.2, 0.25) is 0 Å². The van der Waals surface area contributed by atoms with Gasteiger partial charge in [0, 0.05) is 0 Å². The van der Waals surface area contributed by atoms with Gasteiger partial charge in [-0.25, -0.2) is 0 Å². The molecular weight excluding hydrogens is 252 g/mol. The summed E-state index contributed by atoms with van der Waals surface area (Å²) >= 11 is 0. The summed E-state index contributed by atoms with van der Waals surface area (Å²) in [6.45, 7) is 2.25. The molecule has 0 bridgehead atoms. The molecule has 1 aliphatic heterocycles.